The number of hydrogen-bond acceptors (Lipinski definition) is 3. The zero-order chi connectivity index (χ0) is 12.3. The van der Waals surface area contributed by atoms with Crippen molar-refractivity contribution < 1.29 is 9.18 Å². The summed E-state index contributed by atoms with van der Waals surface area (Å²) in [6, 6.07) is 7.14. The van der Waals surface area contributed by atoms with Gasteiger partial charge >= 0.3 is 0 Å². The topological polar surface area (TPSA) is 54.9 Å². The highest BCUT2D eigenvalue weighted by Gasteiger charge is 2.11. The zero-order valence-corrected chi connectivity index (χ0v) is 9.28. The van der Waals surface area contributed by atoms with Crippen molar-refractivity contribution in [2.24, 2.45) is 0 Å². The highest BCUT2D eigenvalue weighted by atomic mass is 35.5. The maximum absolute atomic E-state index is 13.3. The van der Waals surface area contributed by atoms with Crippen molar-refractivity contribution in [1.82, 2.24) is 9.97 Å². The molecule has 17 heavy (non-hydrogen) atoms. The molecule has 0 aliphatic rings. The van der Waals surface area contributed by atoms with E-state index in [0.717, 1.165) is 0 Å². The second-order valence-electron chi connectivity index (χ2n) is 3.14. The number of carbonyl (C=O) groups excluding carboxylic acids is 1. The predicted octanol–water partition coefficient (Wildman–Crippen LogP) is 2.52. The molecule has 1 heterocycles. The summed E-state index contributed by atoms with van der Waals surface area (Å²) in [4.78, 5) is 19.1. The van der Waals surface area contributed by atoms with Gasteiger partial charge in [0.15, 0.2) is 0 Å². The molecule has 0 aliphatic carbocycles. The van der Waals surface area contributed by atoms with Gasteiger partial charge in [0.2, 0.25) is 5.28 Å². The monoisotopic (exact) mass is 251 g/mol. The average Bonchev–Trinajstić information content (AvgIpc) is 2.29. The number of benzene rings is 1. The second kappa shape index (κ2) is 4.88. The molecule has 0 bridgehead atoms. The summed E-state index contributed by atoms with van der Waals surface area (Å²) < 4.78 is 13.3. The highest BCUT2D eigenvalue weighted by Crippen LogP contribution is 2.11. The smallest absolute Gasteiger partial charge is 0.259 e. The van der Waals surface area contributed by atoms with Gasteiger partial charge in [0.05, 0.1) is 5.56 Å². The lowest BCUT2D eigenvalue weighted by Gasteiger charge is -2.04. The molecule has 4 nitrogen and oxygen atoms in total. The number of aromatic nitrogens is 2. The maximum Gasteiger partial charge on any atom is 0.259 e. The first-order valence-electron chi connectivity index (χ1n) is 4.71. The van der Waals surface area contributed by atoms with E-state index in [9.17, 15) is 9.18 Å². The van der Waals surface area contributed by atoms with Crippen LogP contribution in [-0.2, 0) is 0 Å². The predicted molar refractivity (Wildman–Crippen MR) is 61.4 cm³/mol. The third-order valence-corrected chi connectivity index (χ3v) is 2.17. The van der Waals surface area contributed by atoms with Crippen LogP contribution in [-0.4, -0.2) is 15.9 Å². The van der Waals surface area contributed by atoms with E-state index >= 15 is 0 Å². The van der Waals surface area contributed by atoms with Crippen LogP contribution in [0.2, 0.25) is 5.28 Å². The molecule has 0 radical (unpaired) electrons. The van der Waals surface area contributed by atoms with Crippen molar-refractivity contribution in [3.63, 3.8) is 0 Å². The fourth-order valence-electron chi connectivity index (χ4n) is 1.23. The van der Waals surface area contributed by atoms with Gasteiger partial charge < -0.3 is 5.32 Å². The molecule has 0 atom stereocenters. The standard InChI is InChI=1S/C11H7ClFN3O/c12-11-14-6-5-9(16-11)15-10(17)7-3-1-2-4-8(7)13/h1-6H,(H,14,15,16,17). The average molecular weight is 252 g/mol. The van der Waals surface area contributed by atoms with Crippen molar-refractivity contribution in [3.8, 4) is 0 Å². The minimum atomic E-state index is -0.592. The molecular formula is C11H7ClFN3O. The van der Waals surface area contributed by atoms with E-state index in [1.165, 1.54) is 30.5 Å². The number of nitrogens with zero attached hydrogens (tertiary/aromatic N) is 2. The largest absolute Gasteiger partial charge is 0.306 e. The van der Waals surface area contributed by atoms with Crippen LogP contribution in [0.4, 0.5) is 10.2 Å². The summed E-state index contributed by atoms with van der Waals surface area (Å²) in [6.07, 6.45) is 1.40. The molecule has 1 amide bonds. The summed E-state index contributed by atoms with van der Waals surface area (Å²) in [5, 5.41) is 2.44. The van der Waals surface area contributed by atoms with Gasteiger partial charge in [-0.2, -0.15) is 0 Å². The van der Waals surface area contributed by atoms with Crippen LogP contribution in [0.3, 0.4) is 0 Å². The number of anilines is 1. The van der Waals surface area contributed by atoms with E-state index in [4.69, 9.17) is 11.6 Å². The van der Waals surface area contributed by atoms with Crippen LogP contribution in [0, 0.1) is 5.82 Å². The second-order valence-corrected chi connectivity index (χ2v) is 3.48. The van der Waals surface area contributed by atoms with Crippen molar-refractivity contribution >= 4 is 23.3 Å². The van der Waals surface area contributed by atoms with Crippen LogP contribution < -0.4 is 5.32 Å². The van der Waals surface area contributed by atoms with E-state index < -0.39 is 11.7 Å². The highest BCUT2D eigenvalue weighted by molar-refractivity contribution is 6.28. The Morgan fingerprint density at radius 3 is 2.76 bits per heavy atom. The molecule has 1 aromatic carbocycles. The molecule has 0 saturated heterocycles. The molecule has 2 aromatic rings. The van der Waals surface area contributed by atoms with Crippen molar-refractivity contribution in [2.45, 2.75) is 0 Å². The van der Waals surface area contributed by atoms with Crippen molar-refractivity contribution in [3.05, 3.63) is 53.2 Å². The van der Waals surface area contributed by atoms with Crippen LogP contribution in [0.1, 0.15) is 10.4 Å². The van der Waals surface area contributed by atoms with Crippen molar-refractivity contribution in [2.75, 3.05) is 5.32 Å². The maximum atomic E-state index is 13.3. The first-order chi connectivity index (χ1) is 8.16. The third-order valence-electron chi connectivity index (χ3n) is 1.99. The molecule has 0 saturated carbocycles. The fourth-order valence-corrected chi connectivity index (χ4v) is 1.38. The number of halogens is 2. The van der Waals surface area contributed by atoms with Crippen molar-refractivity contribution in [1.29, 1.82) is 0 Å². The van der Waals surface area contributed by atoms with Gasteiger partial charge in [0.1, 0.15) is 11.6 Å². The van der Waals surface area contributed by atoms with E-state index in [1.807, 2.05) is 0 Å². The number of amides is 1. The Morgan fingerprint density at radius 2 is 2.06 bits per heavy atom. The molecule has 0 aliphatic heterocycles. The Bertz CT molecular complexity index is 562. The minimum Gasteiger partial charge on any atom is -0.306 e. The number of hydrogen-bond donors (Lipinski definition) is 1. The summed E-state index contributed by atoms with van der Waals surface area (Å²) in [5.74, 6) is -0.957. The molecular weight excluding hydrogens is 245 g/mol. The minimum absolute atomic E-state index is 0.0105. The molecule has 1 aromatic heterocycles. The molecule has 0 unspecified atom stereocenters. The quantitative estimate of drug-likeness (QED) is 0.835. The van der Waals surface area contributed by atoms with Gasteiger partial charge in [0, 0.05) is 6.20 Å². The van der Waals surface area contributed by atoms with Crippen LogP contribution in [0.5, 0.6) is 0 Å². The van der Waals surface area contributed by atoms with Gasteiger partial charge in [-0.25, -0.2) is 14.4 Å². The molecule has 6 heteroatoms. The van der Waals surface area contributed by atoms with Gasteiger partial charge in [-0.15, -0.1) is 0 Å². The number of carbonyl (C=O) groups is 1. The molecule has 1 N–H and O–H groups in total. The Hall–Kier alpha value is -2.01. The van der Waals surface area contributed by atoms with Gasteiger partial charge in [0.25, 0.3) is 5.91 Å². The lowest BCUT2D eigenvalue weighted by atomic mass is 10.2. The molecule has 0 fully saturated rings. The van der Waals surface area contributed by atoms with Gasteiger partial charge in [-0.1, -0.05) is 12.1 Å². The summed E-state index contributed by atoms with van der Waals surface area (Å²) in [6.45, 7) is 0. The van der Waals surface area contributed by atoms with E-state index in [1.54, 1.807) is 6.07 Å². The fraction of sp³-hybridized carbons (Fsp3) is 0. The van der Waals surface area contributed by atoms with E-state index in [-0.39, 0.29) is 16.7 Å². The Balaban J connectivity index is 2.20. The SMILES string of the molecule is O=C(Nc1ccnc(Cl)n1)c1ccccc1F. The lowest BCUT2D eigenvalue weighted by Crippen LogP contribution is -2.14. The Morgan fingerprint density at radius 1 is 1.29 bits per heavy atom. The molecule has 86 valence electrons. The van der Waals surface area contributed by atoms with Crippen LogP contribution in [0.15, 0.2) is 36.5 Å². The first kappa shape index (κ1) is 11.5. The van der Waals surface area contributed by atoms with Gasteiger partial charge in [-0.05, 0) is 29.8 Å². The Labute approximate surface area is 101 Å². The zero-order valence-electron chi connectivity index (χ0n) is 8.52. The third kappa shape index (κ3) is 2.76. The van der Waals surface area contributed by atoms with Crippen LogP contribution >= 0.6 is 11.6 Å². The Kier molecular flexibility index (Phi) is 3.30. The summed E-state index contributed by atoms with van der Waals surface area (Å²) >= 11 is 5.56. The van der Waals surface area contributed by atoms with Gasteiger partial charge in [-0.3, -0.25) is 4.79 Å². The van der Waals surface area contributed by atoms with E-state index in [2.05, 4.69) is 15.3 Å². The molecule has 0 spiro atoms. The normalized spacial score (nSPS) is 10.0. The number of nitrogens with one attached hydrogen (secondary N) is 1. The summed E-state index contributed by atoms with van der Waals surface area (Å²) in [7, 11) is 0. The molecule has 2 rings (SSSR count). The van der Waals surface area contributed by atoms with Crippen LogP contribution in [0.25, 0.3) is 0 Å². The first-order valence-corrected chi connectivity index (χ1v) is 5.09. The number of rotatable bonds is 2. The van der Waals surface area contributed by atoms with E-state index in [0.29, 0.717) is 0 Å². The lowest BCUT2D eigenvalue weighted by molar-refractivity contribution is 0.102. The summed E-state index contributed by atoms with van der Waals surface area (Å²) in [5.41, 5.74) is -0.0535.